The van der Waals surface area contributed by atoms with E-state index in [2.05, 4.69) is 0 Å². The molecule has 0 aliphatic carbocycles. The molecule has 0 spiro atoms. The lowest BCUT2D eigenvalue weighted by Gasteiger charge is -1.89. The van der Waals surface area contributed by atoms with E-state index in [1.54, 1.807) is 6.08 Å². The number of rotatable bonds is 1. The molecule has 0 aliphatic rings. The fourth-order valence-corrected chi connectivity index (χ4v) is 0.222. The maximum atomic E-state index is 5.09. The van der Waals surface area contributed by atoms with Gasteiger partial charge < -0.3 is 11.5 Å². The van der Waals surface area contributed by atoms with Crippen molar-refractivity contribution in [3.8, 4) is 0 Å². The Kier molecular flexibility index (Phi) is 2.71. The van der Waals surface area contributed by atoms with Gasteiger partial charge in [0.1, 0.15) is 0 Å². The molecule has 0 heterocycles. The molecule has 6 heavy (non-hydrogen) atoms. The van der Waals surface area contributed by atoms with Crippen molar-refractivity contribution in [2.45, 2.75) is 13.1 Å². The minimum Gasteiger partial charge on any atom is -0.313 e. The Labute approximate surface area is 37.8 Å². The van der Waals surface area contributed by atoms with Gasteiger partial charge in [-0.05, 0) is 6.92 Å². The first-order valence-electron chi connectivity index (χ1n) is 1.91. The Morgan fingerprint density at radius 3 is 2.00 bits per heavy atom. The molecule has 0 atom stereocenters. The molecule has 0 fully saturated rings. The minimum absolute atomic E-state index is 0.282. The summed E-state index contributed by atoms with van der Waals surface area (Å²) in [5.41, 5.74) is 10.2. The summed E-state index contributed by atoms with van der Waals surface area (Å²) >= 11 is 0. The molecule has 0 aromatic heterocycles. The predicted molar refractivity (Wildman–Crippen MR) is 27.0 cm³/mol. The first kappa shape index (κ1) is 5.66. The topological polar surface area (TPSA) is 52.0 Å². The highest BCUT2D eigenvalue weighted by Crippen LogP contribution is 1.66. The quantitative estimate of drug-likeness (QED) is 0.343. The maximum Gasteiger partial charge on any atom is 0.0713 e. The lowest BCUT2D eigenvalue weighted by atomic mass is 10.5. The van der Waals surface area contributed by atoms with Gasteiger partial charge in [0, 0.05) is 0 Å². The molecule has 0 amide bonds. The molecule has 36 valence electrons. The Balaban J connectivity index is 3.03. The molecule has 0 aliphatic heterocycles. The molecule has 0 bridgehead atoms. The molecule has 2 heteroatoms. The van der Waals surface area contributed by atoms with Crippen LogP contribution < -0.4 is 11.5 Å². The van der Waals surface area contributed by atoms with Crippen LogP contribution in [-0.4, -0.2) is 6.17 Å². The van der Waals surface area contributed by atoms with Crippen molar-refractivity contribution in [1.29, 1.82) is 0 Å². The van der Waals surface area contributed by atoms with Gasteiger partial charge in [0.05, 0.1) is 6.17 Å². The summed E-state index contributed by atoms with van der Waals surface area (Å²) in [5.74, 6) is 0. The molecule has 0 saturated carbocycles. The summed E-state index contributed by atoms with van der Waals surface area (Å²) < 4.78 is 0. The van der Waals surface area contributed by atoms with E-state index in [0.29, 0.717) is 0 Å². The summed E-state index contributed by atoms with van der Waals surface area (Å²) in [6.45, 7) is 1.88. The zero-order chi connectivity index (χ0) is 4.99. The van der Waals surface area contributed by atoms with E-state index < -0.39 is 0 Å². The van der Waals surface area contributed by atoms with Crippen molar-refractivity contribution in [3.05, 3.63) is 12.2 Å². The molecule has 2 nitrogen and oxygen atoms in total. The Morgan fingerprint density at radius 1 is 1.50 bits per heavy atom. The molecule has 0 saturated heterocycles. The second kappa shape index (κ2) is 2.87. The fourth-order valence-electron chi connectivity index (χ4n) is 0.222. The van der Waals surface area contributed by atoms with Crippen LogP contribution >= 0.6 is 0 Å². The van der Waals surface area contributed by atoms with Crippen molar-refractivity contribution in [2.24, 2.45) is 11.5 Å². The van der Waals surface area contributed by atoms with Crippen LogP contribution in [0.3, 0.4) is 0 Å². The summed E-state index contributed by atoms with van der Waals surface area (Å²) in [6, 6.07) is 0. The van der Waals surface area contributed by atoms with Crippen molar-refractivity contribution >= 4 is 0 Å². The predicted octanol–water partition coefficient (Wildman–Crippen LogP) is -0.194. The Bertz CT molecular complexity index is 47.5. The number of allylic oxidation sites excluding steroid dienone is 1. The third kappa shape index (κ3) is 3.66. The molecule has 4 N–H and O–H groups in total. The lowest BCUT2D eigenvalue weighted by molar-refractivity contribution is 0.874. The third-order valence-corrected chi connectivity index (χ3v) is 0.415. The van der Waals surface area contributed by atoms with E-state index in [1.807, 2.05) is 13.0 Å². The van der Waals surface area contributed by atoms with Gasteiger partial charge in [0.25, 0.3) is 0 Å². The van der Waals surface area contributed by atoms with E-state index in [1.165, 1.54) is 0 Å². The molecule has 0 radical (unpaired) electrons. The Hall–Kier alpha value is -0.340. The first-order valence-corrected chi connectivity index (χ1v) is 1.91. The van der Waals surface area contributed by atoms with Gasteiger partial charge in [-0.1, -0.05) is 12.2 Å². The summed E-state index contributed by atoms with van der Waals surface area (Å²) in [6.07, 6.45) is 3.26. The van der Waals surface area contributed by atoms with Crippen LogP contribution in [-0.2, 0) is 0 Å². The second-order valence-electron chi connectivity index (χ2n) is 1.10. The van der Waals surface area contributed by atoms with E-state index in [0.717, 1.165) is 0 Å². The number of nitrogens with two attached hydrogens (primary N) is 2. The molecule has 0 unspecified atom stereocenters. The standard InChI is InChI=1S/C4H10N2/c1-2-3-4(5)6/h2-4H,5-6H2,1H3/b3-2+. The van der Waals surface area contributed by atoms with Crippen LogP contribution in [0.15, 0.2) is 12.2 Å². The van der Waals surface area contributed by atoms with Crippen LogP contribution in [0.4, 0.5) is 0 Å². The van der Waals surface area contributed by atoms with Crippen LogP contribution in [0.5, 0.6) is 0 Å². The summed E-state index contributed by atoms with van der Waals surface area (Å²) in [5, 5.41) is 0. The second-order valence-corrected chi connectivity index (χ2v) is 1.10. The molecule has 0 aromatic rings. The van der Waals surface area contributed by atoms with Crippen LogP contribution in [0.1, 0.15) is 6.92 Å². The van der Waals surface area contributed by atoms with Gasteiger partial charge in [0.15, 0.2) is 0 Å². The van der Waals surface area contributed by atoms with Crippen LogP contribution in [0.25, 0.3) is 0 Å². The van der Waals surface area contributed by atoms with Crippen molar-refractivity contribution in [1.82, 2.24) is 0 Å². The number of hydrogen-bond donors (Lipinski definition) is 2. The molecular formula is C4H10N2. The monoisotopic (exact) mass is 86.1 g/mol. The highest BCUT2D eigenvalue weighted by molar-refractivity contribution is 4.83. The zero-order valence-corrected chi connectivity index (χ0v) is 3.89. The van der Waals surface area contributed by atoms with Crippen molar-refractivity contribution in [3.63, 3.8) is 0 Å². The summed E-state index contributed by atoms with van der Waals surface area (Å²) in [4.78, 5) is 0. The highest BCUT2D eigenvalue weighted by Gasteiger charge is 1.75. The van der Waals surface area contributed by atoms with Gasteiger partial charge in [-0.3, -0.25) is 0 Å². The fraction of sp³-hybridized carbons (Fsp3) is 0.500. The molecule has 0 rings (SSSR count). The van der Waals surface area contributed by atoms with E-state index in [-0.39, 0.29) is 6.17 Å². The lowest BCUT2D eigenvalue weighted by Crippen LogP contribution is -2.27. The highest BCUT2D eigenvalue weighted by atomic mass is 14.8. The molecular weight excluding hydrogens is 76.1 g/mol. The van der Waals surface area contributed by atoms with Gasteiger partial charge in [-0.25, -0.2) is 0 Å². The Morgan fingerprint density at radius 2 is 2.00 bits per heavy atom. The van der Waals surface area contributed by atoms with Crippen molar-refractivity contribution < 1.29 is 0 Å². The van der Waals surface area contributed by atoms with E-state index in [9.17, 15) is 0 Å². The average Bonchev–Trinajstić information content (AvgIpc) is 1.35. The average molecular weight is 86.1 g/mol. The third-order valence-electron chi connectivity index (χ3n) is 0.415. The van der Waals surface area contributed by atoms with Gasteiger partial charge in [-0.15, -0.1) is 0 Å². The maximum absolute atomic E-state index is 5.09. The normalized spacial score (nSPS) is 11.3. The van der Waals surface area contributed by atoms with Crippen LogP contribution in [0, 0.1) is 0 Å². The van der Waals surface area contributed by atoms with E-state index >= 15 is 0 Å². The number of hydrogen-bond acceptors (Lipinski definition) is 2. The minimum atomic E-state index is -0.282. The zero-order valence-electron chi connectivity index (χ0n) is 3.89. The SMILES string of the molecule is C/C=C/C(N)N. The molecule has 0 aromatic carbocycles. The summed E-state index contributed by atoms with van der Waals surface area (Å²) in [7, 11) is 0. The van der Waals surface area contributed by atoms with Crippen LogP contribution in [0.2, 0.25) is 0 Å². The van der Waals surface area contributed by atoms with Gasteiger partial charge in [-0.2, -0.15) is 0 Å². The largest absolute Gasteiger partial charge is 0.313 e. The van der Waals surface area contributed by atoms with Gasteiger partial charge in [0.2, 0.25) is 0 Å². The van der Waals surface area contributed by atoms with Gasteiger partial charge >= 0.3 is 0 Å². The first-order chi connectivity index (χ1) is 2.77. The smallest absolute Gasteiger partial charge is 0.0713 e. The van der Waals surface area contributed by atoms with E-state index in [4.69, 9.17) is 11.5 Å². The van der Waals surface area contributed by atoms with Crippen molar-refractivity contribution in [2.75, 3.05) is 0 Å².